The minimum absolute atomic E-state index is 0.194. The third-order valence-electron chi connectivity index (χ3n) is 4.64. The van der Waals surface area contributed by atoms with Gasteiger partial charge in [0.2, 0.25) is 10.0 Å². The van der Waals surface area contributed by atoms with Gasteiger partial charge < -0.3 is 9.80 Å². The van der Waals surface area contributed by atoms with E-state index < -0.39 is 32.5 Å². The number of hydrogen-bond acceptors (Lipinski definition) is 5. The fourth-order valence-electron chi connectivity index (χ4n) is 3.22. The number of hydrogen-bond donors (Lipinski definition) is 1. The second kappa shape index (κ2) is 7.53. The molecule has 0 saturated carbocycles. The van der Waals surface area contributed by atoms with E-state index in [9.17, 15) is 26.0 Å². The van der Waals surface area contributed by atoms with Crippen LogP contribution in [0.15, 0.2) is 41.3 Å². The molecule has 0 spiro atoms. The molecule has 0 aliphatic carbocycles. The molecule has 2 N–H and O–H groups in total. The van der Waals surface area contributed by atoms with Gasteiger partial charge in [0.25, 0.3) is 0 Å². The first kappa shape index (κ1) is 20.9. The topological polar surface area (TPSA) is 90.4 Å². The van der Waals surface area contributed by atoms with Crippen LogP contribution in [-0.4, -0.2) is 34.6 Å². The highest BCUT2D eigenvalue weighted by Crippen LogP contribution is 2.36. The molecule has 0 radical (unpaired) electrons. The first-order chi connectivity index (χ1) is 13.5. The van der Waals surface area contributed by atoms with E-state index in [1.807, 2.05) is 6.07 Å². The number of nitrogens with zero attached hydrogens (tertiary/aromatic N) is 3. The van der Waals surface area contributed by atoms with E-state index in [0.29, 0.717) is 31.9 Å². The van der Waals surface area contributed by atoms with Gasteiger partial charge in [0.1, 0.15) is 5.82 Å². The standard InChI is InChI=1S/C18H16F4N4O2S/c19-15-9-12(11-23)1-3-16(15)26-7-5-25(6-8-26)13-2-4-17(29(24,27)28)14(10-13)18(20,21)22/h1-4,9-10H,5-8H2,(H2,24,27,28). The van der Waals surface area contributed by atoms with Gasteiger partial charge in [-0.25, -0.2) is 17.9 Å². The zero-order chi connectivity index (χ0) is 21.4. The lowest BCUT2D eigenvalue weighted by Gasteiger charge is -2.37. The van der Waals surface area contributed by atoms with Crippen LogP contribution in [0.2, 0.25) is 0 Å². The van der Waals surface area contributed by atoms with Crippen molar-refractivity contribution in [3.8, 4) is 6.07 Å². The molecule has 0 aromatic heterocycles. The zero-order valence-corrected chi connectivity index (χ0v) is 15.8. The predicted molar refractivity (Wildman–Crippen MR) is 98.4 cm³/mol. The SMILES string of the molecule is N#Cc1ccc(N2CCN(c3ccc(S(N)(=O)=O)c(C(F)(F)F)c3)CC2)c(F)c1. The highest BCUT2D eigenvalue weighted by atomic mass is 32.2. The molecule has 2 aromatic rings. The molecular formula is C18H16F4N4O2S. The third kappa shape index (κ3) is 4.44. The van der Waals surface area contributed by atoms with E-state index in [-0.39, 0.29) is 11.3 Å². The van der Waals surface area contributed by atoms with E-state index in [1.165, 1.54) is 18.2 Å². The molecule has 11 heteroatoms. The van der Waals surface area contributed by atoms with Crippen molar-refractivity contribution < 1.29 is 26.0 Å². The Morgan fingerprint density at radius 3 is 2.14 bits per heavy atom. The zero-order valence-electron chi connectivity index (χ0n) is 14.9. The normalized spacial score (nSPS) is 15.3. The number of nitriles is 1. The molecule has 0 atom stereocenters. The van der Waals surface area contributed by atoms with Crippen LogP contribution in [0.3, 0.4) is 0 Å². The second-order valence-corrected chi connectivity index (χ2v) is 8.01. The fourth-order valence-corrected chi connectivity index (χ4v) is 3.96. The molecule has 1 heterocycles. The number of primary sulfonamides is 1. The fraction of sp³-hybridized carbons (Fsp3) is 0.278. The maximum absolute atomic E-state index is 14.2. The van der Waals surface area contributed by atoms with Gasteiger partial charge in [0.05, 0.1) is 27.8 Å². The lowest BCUT2D eigenvalue weighted by atomic mass is 10.1. The Morgan fingerprint density at radius 2 is 1.62 bits per heavy atom. The molecule has 1 aliphatic heterocycles. The third-order valence-corrected chi connectivity index (χ3v) is 5.61. The largest absolute Gasteiger partial charge is 0.417 e. The Kier molecular flexibility index (Phi) is 5.42. The summed E-state index contributed by atoms with van der Waals surface area (Å²) in [6.07, 6.45) is -4.88. The van der Waals surface area contributed by atoms with E-state index in [2.05, 4.69) is 0 Å². The molecule has 0 amide bonds. The number of alkyl halides is 3. The monoisotopic (exact) mass is 428 g/mol. The van der Waals surface area contributed by atoms with Crippen molar-refractivity contribution in [2.24, 2.45) is 5.14 Å². The maximum Gasteiger partial charge on any atom is 0.417 e. The van der Waals surface area contributed by atoms with Crippen LogP contribution >= 0.6 is 0 Å². The molecule has 1 fully saturated rings. The highest BCUT2D eigenvalue weighted by molar-refractivity contribution is 7.89. The molecule has 29 heavy (non-hydrogen) atoms. The van der Waals surface area contributed by atoms with Crippen molar-refractivity contribution >= 4 is 21.4 Å². The highest BCUT2D eigenvalue weighted by Gasteiger charge is 2.37. The van der Waals surface area contributed by atoms with Crippen molar-refractivity contribution in [2.45, 2.75) is 11.1 Å². The summed E-state index contributed by atoms with van der Waals surface area (Å²) in [5, 5.41) is 13.7. The quantitative estimate of drug-likeness (QED) is 0.760. The smallest absolute Gasteiger partial charge is 0.368 e. The van der Waals surface area contributed by atoms with Crippen LogP contribution in [0.1, 0.15) is 11.1 Å². The maximum atomic E-state index is 14.2. The lowest BCUT2D eigenvalue weighted by molar-refractivity contribution is -0.139. The molecule has 2 aromatic carbocycles. The lowest BCUT2D eigenvalue weighted by Crippen LogP contribution is -2.47. The van der Waals surface area contributed by atoms with Crippen molar-refractivity contribution in [1.29, 1.82) is 5.26 Å². The van der Waals surface area contributed by atoms with Crippen molar-refractivity contribution in [3.05, 3.63) is 53.3 Å². The van der Waals surface area contributed by atoms with Crippen molar-refractivity contribution in [2.75, 3.05) is 36.0 Å². The average molecular weight is 428 g/mol. The number of rotatable bonds is 3. The Hall–Kier alpha value is -2.84. The van der Waals surface area contributed by atoms with Gasteiger partial charge in [0, 0.05) is 31.9 Å². The minimum atomic E-state index is -4.88. The van der Waals surface area contributed by atoms with Crippen molar-refractivity contribution in [3.63, 3.8) is 0 Å². The first-order valence-electron chi connectivity index (χ1n) is 8.44. The van der Waals surface area contributed by atoms with Gasteiger partial charge in [-0.3, -0.25) is 0 Å². The summed E-state index contributed by atoms with van der Waals surface area (Å²) in [5.41, 5.74) is -0.619. The first-order valence-corrected chi connectivity index (χ1v) is 9.99. The van der Waals surface area contributed by atoms with E-state index in [0.717, 1.165) is 18.2 Å². The molecule has 154 valence electrons. The Labute approximate surface area is 164 Å². The van der Waals surface area contributed by atoms with Gasteiger partial charge in [-0.2, -0.15) is 18.4 Å². The van der Waals surface area contributed by atoms with Crippen LogP contribution in [-0.2, 0) is 16.2 Å². The Bertz CT molecular complexity index is 1070. The molecule has 6 nitrogen and oxygen atoms in total. The molecule has 3 rings (SSSR count). The average Bonchev–Trinajstić information content (AvgIpc) is 2.66. The number of anilines is 2. The van der Waals surface area contributed by atoms with Gasteiger partial charge >= 0.3 is 6.18 Å². The molecule has 1 aliphatic rings. The summed E-state index contributed by atoms with van der Waals surface area (Å²) in [6.45, 7) is 1.26. The summed E-state index contributed by atoms with van der Waals surface area (Å²) in [4.78, 5) is 2.41. The summed E-state index contributed by atoms with van der Waals surface area (Å²) in [5.74, 6) is -0.547. The van der Waals surface area contributed by atoms with Crippen LogP contribution in [0.5, 0.6) is 0 Å². The van der Waals surface area contributed by atoms with E-state index in [4.69, 9.17) is 10.4 Å². The molecular weight excluding hydrogens is 412 g/mol. The van der Waals surface area contributed by atoms with Gasteiger partial charge in [0.15, 0.2) is 0 Å². The van der Waals surface area contributed by atoms with Crippen LogP contribution in [0.4, 0.5) is 28.9 Å². The number of nitrogens with two attached hydrogens (primary N) is 1. The molecule has 0 unspecified atom stereocenters. The number of halogens is 4. The number of benzene rings is 2. The van der Waals surface area contributed by atoms with Crippen molar-refractivity contribution in [1.82, 2.24) is 0 Å². The second-order valence-electron chi connectivity index (χ2n) is 6.48. The number of piperazine rings is 1. The summed E-state index contributed by atoms with van der Waals surface area (Å²) in [7, 11) is -4.53. The van der Waals surface area contributed by atoms with Gasteiger partial charge in [-0.15, -0.1) is 0 Å². The van der Waals surface area contributed by atoms with Crippen LogP contribution in [0.25, 0.3) is 0 Å². The van der Waals surface area contributed by atoms with E-state index in [1.54, 1.807) is 9.80 Å². The summed E-state index contributed by atoms with van der Waals surface area (Å²) < 4.78 is 77.0. The van der Waals surface area contributed by atoms with Crippen LogP contribution in [0, 0.1) is 17.1 Å². The predicted octanol–water partition coefficient (Wildman–Crippen LogP) is 2.69. The Morgan fingerprint density at radius 1 is 1.00 bits per heavy atom. The van der Waals surface area contributed by atoms with E-state index >= 15 is 0 Å². The summed E-state index contributed by atoms with van der Waals surface area (Å²) >= 11 is 0. The van der Waals surface area contributed by atoms with Crippen LogP contribution < -0.4 is 14.9 Å². The van der Waals surface area contributed by atoms with Gasteiger partial charge in [-0.05, 0) is 36.4 Å². The molecule has 1 saturated heterocycles. The summed E-state index contributed by atoms with van der Waals surface area (Å²) in [6, 6.07) is 8.84. The number of sulfonamides is 1. The molecule has 0 bridgehead atoms. The van der Waals surface area contributed by atoms with Gasteiger partial charge in [-0.1, -0.05) is 0 Å². The Balaban J connectivity index is 1.82. The minimum Gasteiger partial charge on any atom is -0.368 e.